The van der Waals surface area contributed by atoms with E-state index in [9.17, 15) is 14.9 Å². The van der Waals surface area contributed by atoms with Crippen LogP contribution in [0.1, 0.15) is 21.7 Å². The lowest BCUT2D eigenvalue weighted by molar-refractivity contribution is -0.383. The first-order chi connectivity index (χ1) is 9.93. The lowest BCUT2D eigenvalue weighted by Crippen LogP contribution is -2.13. The predicted octanol–water partition coefficient (Wildman–Crippen LogP) is 2.23. The fraction of sp³-hybridized carbons (Fsp3) is 0.231. The van der Waals surface area contributed by atoms with E-state index in [1.165, 1.54) is 18.2 Å². The van der Waals surface area contributed by atoms with Gasteiger partial charge >= 0.3 is 0 Å². The highest BCUT2D eigenvalue weighted by Gasteiger charge is 2.17. The van der Waals surface area contributed by atoms with Crippen LogP contribution >= 0.6 is 0 Å². The Balaban J connectivity index is 2.30. The molecule has 1 aromatic heterocycles. The van der Waals surface area contributed by atoms with Crippen molar-refractivity contribution in [3.63, 3.8) is 0 Å². The summed E-state index contributed by atoms with van der Waals surface area (Å²) in [6.45, 7) is 3.57. The van der Waals surface area contributed by atoms with Gasteiger partial charge in [0.15, 0.2) is 0 Å². The molecule has 8 nitrogen and oxygen atoms in total. The van der Waals surface area contributed by atoms with E-state index in [-0.39, 0.29) is 17.3 Å². The third kappa shape index (κ3) is 2.83. The molecule has 0 aliphatic heterocycles. The second-order valence-corrected chi connectivity index (χ2v) is 4.50. The molecule has 3 N–H and O–H groups in total. The fourth-order valence-corrected chi connectivity index (χ4v) is 1.96. The Morgan fingerprint density at radius 2 is 2.10 bits per heavy atom. The van der Waals surface area contributed by atoms with Crippen LogP contribution in [-0.2, 0) is 0 Å². The molecule has 0 aliphatic rings. The number of hydrogen-bond donors (Lipinski definition) is 3. The van der Waals surface area contributed by atoms with Crippen molar-refractivity contribution in [3.8, 4) is 0 Å². The molecule has 0 fully saturated rings. The second-order valence-electron chi connectivity index (χ2n) is 4.50. The number of benzene rings is 1. The summed E-state index contributed by atoms with van der Waals surface area (Å²) in [6.07, 6.45) is 0. The van der Waals surface area contributed by atoms with Gasteiger partial charge in [-0.2, -0.15) is 5.10 Å². The van der Waals surface area contributed by atoms with Crippen LogP contribution in [0.4, 0.5) is 17.1 Å². The van der Waals surface area contributed by atoms with Crippen LogP contribution in [0.3, 0.4) is 0 Å². The SMILES string of the molecule is CNc1cc(C(=O)Nc2c(C)n[nH]c2C)ccc1[N+](=O)[O-]. The van der Waals surface area contributed by atoms with Gasteiger partial charge in [0.05, 0.1) is 22.0 Å². The van der Waals surface area contributed by atoms with Crippen molar-refractivity contribution in [2.45, 2.75) is 13.8 Å². The van der Waals surface area contributed by atoms with Crippen molar-refractivity contribution < 1.29 is 9.72 Å². The van der Waals surface area contributed by atoms with E-state index in [0.29, 0.717) is 16.9 Å². The number of aromatic amines is 1. The molecule has 2 aromatic rings. The number of anilines is 2. The quantitative estimate of drug-likeness (QED) is 0.590. The molecule has 0 saturated carbocycles. The first-order valence-corrected chi connectivity index (χ1v) is 6.23. The summed E-state index contributed by atoms with van der Waals surface area (Å²) in [6, 6.07) is 4.16. The summed E-state index contributed by atoms with van der Waals surface area (Å²) in [4.78, 5) is 22.6. The topological polar surface area (TPSA) is 113 Å². The molecular formula is C13H15N5O3. The number of aryl methyl sites for hydroxylation is 2. The number of nitro benzene ring substituents is 1. The van der Waals surface area contributed by atoms with E-state index in [0.717, 1.165) is 5.69 Å². The number of amides is 1. The number of nitrogens with one attached hydrogen (secondary N) is 3. The molecule has 21 heavy (non-hydrogen) atoms. The lowest BCUT2D eigenvalue weighted by atomic mass is 10.1. The molecule has 0 unspecified atom stereocenters. The van der Waals surface area contributed by atoms with Gasteiger partial charge in [-0.15, -0.1) is 0 Å². The summed E-state index contributed by atoms with van der Waals surface area (Å²) < 4.78 is 0. The average Bonchev–Trinajstić information content (AvgIpc) is 2.78. The Labute approximate surface area is 120 Å². The molecule has 1 heterocycles. The third-order valence-electron chi connectivity index (χ3n) is 3.09. The number of carbonyl (C=O) groups is 1. The third-order valence-corrected chi connectivity index (χ3v) is 3.09. The standard InChI is InChI=1S/C13H15N5O3/c1-7-12(8(2)17-16-7)15-13(19)9-4-5-11(18(20)21)10(6-9)14-3/h4-6,14H,1-3H3,(H,15,19)(H,16,17). The lowest BCUT2D eigenvalue weighted by Gasteiger charge is -2.07. The van der Waals surface area contributed by atoms with Gasteiger partial charge in [0.1, 0.15) is 5.69 Å². The maximum Gasteiger partial charge on any atom is 0.292 e. The van der Waals surface area contributed by atoms with E-state index in [2.05, 4.69) is 20.8 Å². The Hall–Kier alpha value is -2.90. The fourth-order valence-electron chi connectivity index (χ4n) is 1.96. The Morgan fingerprint density at radius 1 is 1.38 bits per heavy atom. The zero-order valence-corrected chi connectivity index (χ0v) is 11.9. The van der Waals surface area contributed by atoms with E-state index in [1.807, 2.05) is 0 Å². The van der Waals surface area contributed by atoms with Gasteiger partial charge in [-0.25, -0.2) is 0 Å². The van der Waals surface area contributed by atoms with Crippen LogP contribution in [-0.4, -0.2) is 28.1 Å². The van der Waals surface area contributed by atoms with E-state index < -0.39 is 4.92 Å². The van der Waals surface area contributed by atoms with Gasteiger partial charge in [0.25, 0.3) is 11.6 Å². The molecule has 0 atom stereocenters. The van der Waals surface area contributed by atoms with Crippen LogP contribution in [0.25, 0.3) is 0 Å². The monoisotopic (exact) mass is 289 g/mol. The number of rotatable bonds is 4. The van der Waals surface area contributed by atoms with Crippen molar-refractivity contribution in [2.24, 2.45) is 0 Å². The van der Waals surface area contributed by atoms with Crippen LogP contribution in [0.5, 0.6) is 0 Å². The van der Waals surface area contributed by atoms with E-state index in [4.69, 9.17) is 0 Å². The molecule has 8 heteroatoms. The van der Waals surface area contributed by atoms with Gasteiger partial charge in [0, 0.05) is 18.7 Å². The number of nitro groups is 1. The highest BCUT2D eigenvalue weighted by molar-refractivity contribution is 6.05. The van der Waals surface area contributed by atoms with Crippen LogP contribution < -0.4 is 10.6 Å². The molecule has 0 aliphatic carbocycles. The number of nitrogens with zero attached hydrogens (tertiary/aromatic N) is 2. The average molecular weight is 289 g/mol. The first kappa shape index (κ1) is 14.5. The number of aromatic nitrogens is 2. The van der Waals surface area contributed by atoms with Crippen molar-refractivity contribution >= 4 is 23.0 Å². The number of H-pyrrole nitrogens is 1. The van der Waals surface area contributed by atoms with Gasteiger partial charge in [-0.1, -0.05) is 0 Å². The van der Waals surface area contributed by atoms with E-state index >= 15 is 0 Å². The van der Waals surface area contributed by atoms with Crippen molar-refractivity contribution in [1.29, 1.82) is 0 Å². The van der Waals surface area contributed by atoms with Gasteiger partial charge in [-0.05, 0) is 26.0 Å². The molecule has 0 spiro atoms. The van der Waals surface area contributed by atoms with Gasteiger partial charge < -0.3 is 10.6 Å². The molecule has 0 saturated heterocycles. The van der Waals surface area contributed by atoms with Crippen molar-refractivity contribution in [3.05, 3.63) is 45.3 Å². The van der Waals surface area contributed by atoms with Gasteiger partial charge in [0.2, 0.25) is 0 Å². The van der Waals surface area contributed by atoms with Crippen molar-refractivity contribution in [2.75, 3.05) is 17.7 Å². The summed E-state index contributed by atoms with van der Waals surface area (Å²) >= 11 is 0. The van der Waals surface area contributed by atoms with Crippen LogP contribution in [0, 0.1) is 24.0 Å². The number of hydrogen-bond acceptors (Lipinski definition) is 5. The largest absolute Gasteiger partial charge is 0.383 e. The minimum atomic E-state index is -0.502. The minimum Gasteiger partial charge on any atom is -0.383 e. The first-order valence-electron chi connectivity index (χ1n) is 6.23. The zero-order chi connectivity index (χ0) is 15.6. The Kier molecular flexibility index (Phi) is 3.88. The molecular weight excluding hydrogens is 274 g/mol. The zero-order valence-electron chi connectivity index (χ0n) is 11.9. The van der Waals surface area contributed by atoms with Crippen molar-refractivity contribution in [1.82, 2.24) is 10.2 Å². The van der Waals surface area contributed by atoms with Crippen LogP contribution in [0.2, 0.25) is 0 Å². The molecule has 0 radical (unpaired) electrons. The highest BCUT2D eigenvalue weighted by atomic mass is 16.6. The molecule has 110 valence electrons. The normalized spacial score (nSPS) is 10.2. The maximum absolute atomic E-state index is 12.2. The summed E-state index contributed by atoms with van der Waals surface area (Å²) in [5, 5.41) is 23.1. The minimum absolute atomic E-state index is 0.0790. The second kappa shape index (κ2) is 5.61. The molecule has 1 amide bonds. The summed E-state index contributed by atoms with van der Waals surface area (Å²) in [7, 11) is 1.56. The Morgan fingerprint density at radius 3 is 2.62 bits per heavy atom. The molecule has 2 rings (SSSR count). The predicted molar refractivity (Wildman–Crippen MR) is 78.7 cm³/mol. The summed E-state index contributed by atoms with van der Waals surface area (Å²) in [5.74, 6) is -0.353. The van der Waals surface area contributed by atoms with Crippen LogP contribution in [0.15, 0.2) is 18.2 Å². The molecule has 1 aromatic carbocycles. The summed E-state index contributed by atoms with van der Waals surface area (Å²) in [5.41, 5.74) is 2.57. The van der Waals surface area contributed by atoms with Gasteiger partial charge in [-0.3, -0.25) is 20.0 Å². The van der Waals surface area contributed by atoms with E-state index in [1.54, 1.807) is 20.9 Å². The number of carbonyl (C=O) groups excluding carboxylic acids is 1. The smallest absolute Gasteiger partial charge is 0.292 e. The maximum atomic E-state index is 12.2. The molecule has 0 bridgehead atoms. The Bertz CT molecular complexity index is 688. The highest BCUT2D eigenvalue weighted by Crippen LogP contribution is 2.25.